The Hall–Kier alpha value is 0.160. The highest BCUT2D eigenvalue weighted by Crippen LogP contribution is 2.45. The van der Waals surface area contributed by atoms with Gasteiger partial charge < -0.3 is 0 Å². The van der Waals surface area contributed by atoms with E-state index in [-0.39, 0.29) is 5.41 Å². The van der Waals surface area contributed by atoms with E-state index in [1.165, 1.54) is 14.1 Å². The lowest BCUT2D eigenvalue weighted by atomic mass is 10.1. The van der Waals surface area contributed by atoms with Crippen LogP contribution < -0.4 is 4.72 Å². The van der Waals surface area contributed by atoms with Crippen LogP contribution in [0.25, 0.3) is 0 Å². The van der Waals surface area contributed by atoms with Crippen LogP contribution in [0.5, 0.6) is 0 Å². The van der Waals surface area contributed by atoms with Gasteiger partial charge in [0.15, 0.2) is 0 Å². The third-order valence-electron chi connectivity index (χ3n) is 2.35. The molecule has 1 fully saturated rings. The van der Waals surface area contributed by atoms with Gasteiger partial charge in [-0.15, -0.1) is 11.6 Å². The Morgan fingerprint density at radius 1 is 1.46 bits per heavy atom. The Balaban J connectivity index is 2.43. The number of hydrogen-bond donors (Lipinski definition) is 1. The Kier molecular flexibility index (Phi) is 3.22. The van der Waals surface area contributed by atoms with Crippen LogP contribution in [0.2, 0.25) is 0 Å². The molecule has 0 aromatic heterocycles. The maximum absolute atomic E-state index is 11.3. The highest BCUT2D eigenvalue weighted by atomic mass is 35.5. The van der Waals surface area contributed by atoms with Crippen molar-refractivity contribution in [2.75, 3.05) is 26.5 Å². The normalized spacial score (nSPS) is 20.6. The van der Waals surface area contributed by atoms with Crippen molar-refractivity contribution in [1.82, 2.24) is 9.03 Å². The van der Waals surface area contributed by atoms with Gasteiger partial charge in [-0.05, 0) is 18.3 Å². The minimum Gasteiger partial charge on any atom is -0.202 e. The number of nitrogens with one attached hydrogen (secondary N) is 1. The topological polar surface area (TPSA) is 49.4 Å². The highest BCUT2D eigenvalue weighted by molar-refractivity contribution is 7.87. The summed E-state index contributed by atoms with van der Waals surface area (Å²) in [5.74, 6) is 0.531. The van der Waals surface area contributed by atoms with Crippen LogP contribution in [-0.4, -0.2) is 39.2 Å². The van der Waals surface area contributed by atoms with Gasteiger partial charge in [0, 0.05) is 26.5 Å². The van der Waals surface area contributed by atoms with E-state index in [0.717, 1.165) is 17.1 Å². The van der Waals surface area contributed by atoms with E-state index < -0.39 is 10.2 Å². The first-order valence-corrected chi connectivity index (χ1v) is 6.12. The number of alkyl halides is 1. The minimum atomic E-state index is -3.28. The number of rotatable bonds is 5. The molecule has 13 heavy (non-hydrogen) atoms. The largest absolute Gasteiger partial charge is 0.278 e. The van der Waals surface area contributed by atoms with Crippen LogP contribution in [0, 0.1) is 5.41 Å². The van der Waals surface area contributed by atoms with Gasteiger partial charge in [-0.25, -0.2) is 4.72 Å². The second kappa shape index (κ2) is 3.73. The summed E-state index contributed by atoms with van der Waals surface area (Å²) in [5, 5.41) is 0. The van der Waals surface area contributed by atoms with E-state index >= 15 is 0 Å². The molecule has 0 aliphatic heterocycles. The standard InChI is InChI=1S/C7H15ClN2O2S/c1-10(2)13(11,12)9-6-7(5-8)3-4-7/h9H,3-6H2,1-2H3. The molecule has 0 aromatic rings. The molecule has 1 saturated carbocycles. The molecule has 1 N–H and O–H groups in total. The van der Waals surface area contributed by atoms with E-state index in [4.69, 9.17) is 11.6 Å². The van der Waals surface area contributed by atoms with Crippen molar-refractivity contribution in [3.05, 3.63) is 0 Å². The molecule has 0 aromatic carbocycles. The summed E-state index contributed by atoms with van der Waals surface area (Å²) < 4.78 is 26.3. The minimum absolute atomic E-state index is 0.0324. The average molecular weight is 227 g/mol. The van der Waals surface area contributed by atoms with E-state index in [1.54, 1.807) is 0 Å². The van der Waals surface area contributed by atoms with Gasteiger partial charge in [0.2, 0.25) is 0 Å². The van der Waals surface area contributed by atoms with Crippen molar-refractivity contribution in [3.63, 3.8) is 0 Å². The van der Waals surface area contributed by atoms with Crippen LogP contribution in [-0.2, 0) is 10.2 Å². The molecule has 6 heteroatoms. The van der Waals surface area contributed by atoms with Gasteiger partial charge in [0.1, 0.15) is 0 Å². The van der Waals surface area contributed by atoms with Crippen molar-refractivity contribution in [3.8, 4) is 0 Å². The third-order valence-corrected chi connectivity index (χ3v) is 4.39. The van der Waals surface area contributed by atoms with E-state index in [0.29, 0.717) is 12.4 Å². The molecular formula is C7H15ClN2O2S. The zero-order valence-corrected chi connectivity index (χ0v) is 9.45. The second-order valence-electron chi connectivity index (χ2n) is 3.74. The van der Waals surface area contributed by atoms with Crippen LogP contribution in [0.1, 0.15) is 12.8 Å². The molecule has 0 bridgehead atoms. The fourth-order valence-corrected chi connectivity index (χ4v) is 2.02. The first kappa shape index (κ1) is 11.2. The average Bonchev–Trinajstić information content (AvgIpc) is 2.81. The lowest BCUT2D eigenvalue weighted by molar-refractivity contribution is 0.484. The summed E-state index contributed by atoms with van der Waals surface area (Å²) in [6, 6.07) is 0. The molecule has 0 heterocycles. The van der Waals surface area contributed by atoms with Crippen LogP contribution in [0.3, 0.4) is 0 Å². The number of nitrogens with zero attached hydrogens (tertiary/aromatic N) is 1. The quantitative estimate of drug-likeness (QED) is 0.690. The zero-order chi connectivity index (χ0) is 10.1. The molecule has 0 unspecified atom stereocenters. The van der Waals surface area contributed by atoms with E-state index in [1.807, 2.05) is 0 Å². The van der Waals surface area contributed by atoms with Crippen molar-refractivity contribution in [2.24, 2.45) is 5.41 Å². The van der Waals surface area contributed by atoms with Crippen LogP contribution >= 0.6 is 11.6 Å². The van der Waals surface area contributed by atoms with Gasteiger partial charge in [0.25, 0.3) is 10.2 Å². The van der Waals surface area contributed by atoms with Crippen molar-refractivity contribution >= 4 is 21.8 Å². The van der Waals surface area contributed by atoms with Gasteiger partial charge in [0.05, 0.1) is 0 Å². The van der Waals surface area contributed by atoms with Crippen LogP contribution in [0.15, 0.2) is 0 Å². The monoisotopic (exact) mass is 226 g/mol. The number of halogens is 1. The molecule has 1 rings (SSSR count). The van der Waals surface area contributed by atoms with Crippen molar-refractivity contribution in [2.45, 2.75) is 12.8 Å². The van der Waals surface area contributed by atoms with Gasteiger partial charge in [-0.1, -0.05) is 0 Å². The van der Waals surface area contributed by atoms with Crippen LogP contribution in [0.4, 0.5) is 0 Å². The summed E-state index contributed by atoms with van der Waals surface area (Å²) in [4.78, 5) is 0. The fraction of sp³-hybridized carbons (Fsp3) is 1.00. The van der Waals surface area contributed by atoms with Gasteiger partial charge >= 0.3 is 0 Å². The highest BCUT2D eigenvalue weighted by Gasteiger charge is 2.42. The molecule has 0 spiro atoms. The molecule has 0 saturated heterocycles. The fourth-order valence-electron chi connectivity index (χ4n) is 0.908. The summed E-state index contributed by atoms with van der Waals surface area (Å²) in [6.45, 7) is 0.455. The summed E-state index contributed by atoms with van der Waals surface area (Å²) in [7, 11) is -0.272. The predicted molar refractivity (Wildman–Crippen MR) is 53.0 cm³/mol. The SMILES string of the molecule is CN(C)S(=O)(=O)NCC1(CCl)CC1. The van der Waals surface area contributed by atoms with E-state index in [2.05, 4.69) is 4.72 Å². The molecule has 78 valence electrons. The molecule has 4 nitrogen and oxygen atoms in total. The van der Waals surface area contributed by atoms with Gasteiger partial charge in [-0.2, -0.15) is 12.7 Å². The Morgan fingerprint density at radius 2 is 2.00 bits per heavy atom. The number of hydrogen-bond acceptors (Lipinski definition) is 2. The predicted octanol–water partition coefficient (Wildman–Crippen LogP) is 0.401. The first-order valence-electron chi connectivity index (χ1n) is 4.15. The Labute approximate surface area is 84.4 Å². The summed E-state index contributed by atoms with van der Waals surface area (Å²) >= 11 is 5.72. The summed E-state index contributed by atoms with van der Waals surface area (Å²) in [6.07, 6.45) is 2.04. The molecule has 1 aliphatic rings. The maximum Gasteiger partial charge on any atom is 0.278 e. The van der Waals surface area contributed by atoms with Gasteiger partial charge in [-0.3, -0.25) is 0 Å². The van der Waals surface area contributed by atoms with Crippen molar-refractivity contribution in [1.29, 1.82) is 0 Å². The van der Waals surface area contributed by atoms with Crippen molar-refractivity contribution < 1.29 is 8.42 Å². The zero-order valence-electron chi connectivity index (χ0n) is 7.88. The molecule has 1 aliphatic carbocycles. The molecular weight excluding hydrogens is 212 g/mol. The Morgan fingerprint density at radius 3 is 2.31 bits per heavy atom. The van der Waals surface area contributed by atoms with E-state index in [9.17, 15) is 8.42 Å². The smallest absolute Gasteiger partial charge is 0.202 e. The Bertz CT molecular complexity index is 272. The third kappa shape index (κ3) is 2.80. The first-order chi connectivity index (χ1) is 5.92. The molecule has 0 atom stereocenters. The molecule has 0 radical (unpaired) electrons. The summed E-state index contributed by atoms with van der Waals surface area (Å²) in [5.41, 5.74) is 0.0324. The second-order valence-corrected chi connectivity index (χ2v) is 5.98. The lowest BCUT2D eigenvalue weighted by Crippen LogP contribution is -2.39. The lowest BCUT2D eigenvalue weighted by Gasteiger charge is -2.16. The molecule has 0 amide bonds. The maximum atomic E-state index is 11.3.